The molecule has 0 aliphatic rings. The fraction of sp³-hybridized carbons (Fsp3) is 1.00. The summed E-state index contributed by atoms with van der Waals surface area (Å²) in [4.78, 5) is 4.77. The Morgan fingerprint density at radius 3 is 1.85 bits per heavy atom. The van der Waals surface area contributed by atoms with Crippen molar-refractivity contribution in [1.82, 2.24) is 0 Å². The summed E-state index contributed by atoms with van der Waals surface area (Å²) in [5.41, 5.74) is 0. The molecule has 0 unspecified atom stereocenters. The van der Waals surface area contributed by atoms with Crippen LogP contribution in [0.3, 0.4) is 0 Å². The lowest BCUT2D eigenvalue weighted by atomic mass is 10.5. The van der Waals surface area contributed by atoms with Crippen molar-refractivity contribution in [1.29, 1.82) is 0 Å². The molecule has 0 aromatic heterocycles. The van der Waals surface area contributed by atoms with Gasteiger partial charge >= 0.3 is 8.60 Å². The van der Waals surface area contributed by atoms with Gasteiger partial charge < -0.3 is 9.05 Å². The highest BCUT2D eigenvalue weighted by atomic mass is 31.2. The highest BCUT2D eigenvalue weighted by Gasteiger charge is 2.12. The van der Waals surface area contributed by atoms with Gasteiger partial charge in [0.2, 0.25) is 0 Å². The number of rotatable bonds is 9. The fourth-order valence-corrected chi connectivity index (χ4v) is 1.52. The van der Waals surface area contributed by atoms with Crippen molar-refractivity contribution in [3.63, 3.8) is 0 Å². The first-order valence-corrected chi connectivity index (χ1v) is 5.80. The molecule has 0 aromatic rings. The maximum absolute atomic E-state index is 5.29. The van der Waals surface area contributed by atoms with E-state index in [1.807, 2.05) is 20.8 Å². The first kappa shape index (κ1) is 13.3. The van der Waals surface area contributed by atoms with E-state index in [4.69, 9.17) is 18.6 Å². The quantitative estimate of drug-likeness (QED) is 0.333. The first-order valence-electron chi connectivity index (χ1n) is 4.70. The Balaban J connectivity index is 3.47. The summed E-state index contributed by atoms with van der Waals surface area (Å²) in [6, 6.07) is 0. The first-order chi connectivity index (χ1) is 6.35. The minimum absolute atomic E-state index is 0.504. The van der Waals surface area contributed by atoms with Crippen LogP contribution in [-0.4, -0.2) is 19.8 Å². The molecule has 4 nitrogen and oxygen atoms in total. The van der Waals surface area contributed by atoms with E-state index < -0.39 is 8.60 Å². The van der Waals surface area contributed by atoms with E-state index in [2.05, 4.69) is 0 Å². The molecule has 0 amide bonds. The molecule has 0 N–H and O–H groups in total. The van der Waals surface area contributed by atoms with Gasteiger partial charge in [-0.3, -0.25) is 0 Å². The summed E-state index contributed by atoms with van der Waals surface area (Å²) in [6.45, 7) is 7.71. The molecule has 0 radical (unpaired) electrons. The van der Waals surface area contributed by atoms with Crippen LogP contribution in [0.1, 0.15) is 33.6 Å². The summed E-state index contributed by atoms with van der Waals surface area (Å²) in [7, 11) is -1.30. The predicted octanol–water partition coefficient (Wildman–Crippen LogP) is 3.03. The van der Waals surface area contributed by atoms with Crippen LogP contribution in [0, 0.1) is 0 Å². The second kappa shape index (κ2) is 10.4. The molecule has 0 rings (SSSR count). The van der Waals surface area contributed by atoms with Crippen LogP contribution in [0.25, 0.3) is 0 Å². The molecule has 0 saturated heterocycles. The average Bonchev–Trinajstić information content (AvgIpc) is 2.17. The van der Waals surface area contributed by atoms with E-state index in [1.165, 1.54) is 0 Å². The fourth-order valence-electron chi connectivity index (χ4n) is 0.508. The third-order valence-corrected chi connectivity index (χ3v) is 2.05. The standard InChI is InChI=1S/C8H19O4P/c1-4-7-10-13(11-8-5-2)12-9-6-3/h4-8H2,1-3H3. The van der Waals surface area contributed by atoms with E-state index in [1.54, 1.807) is 0 Å². The van der Waals surface area contributed by atoms with Crippen LogP contribution in [0.5, 0.6) is 0 Å². The Hall–Kier alpha value is 0.270. The second-order valence-corrected chi connectivity index (χ2v) is 3.48. The number of hydrogen-bond donors (Lipinski definition) is 0. The molecule has 80 valence electrons. The monoisotopic (exact) mass is 210 g/mol. The molecule has 0 heterocycles. The zero-order valence-corrected chi connectivity index (χ0v) is 9.51. The van der Waals surface area contributed by atoms with Gasteiger partial charge in [-0.1, -0.05) is 13.8 Å². The summed E-state index contributed by atoms with van der Waals surface area (Å²) < 4.78 is 15.5. The second-order valence-electron chi connectivity index (χ2n) is 2.37. The molecule has 0 aliphatic carbocycles. The molecule has 0 bridgehead atoms. The smallest absolute Gasteiger partial charge is 0.311 e. The van der Waals surface area contributed by atoms with Crippen molar-refractivity contribution in [2.75, 3.05) is 19.8 Å². The van der Waals surface area contributed by atoms with Crippen LogP contribution in [0.2, 0.25) is 0 Å². The van der Waals surface area contributed by atoms with Gasteiger partial charge in [0.1, 0.15) is 0 Å². The maximum atomic E-state index is 5.29. The molecule has 0 aliphatic heterocycles. The topological polar surface area (TPSA) is 36.9 Å². The Morgan fingerprint density at radius 1 is 0.923 bits per heavy atom. The van der Waals surface area contributed by atoms with Gasteiger partial charge in [-0.2, -0.15) is 4.67 Å². The molecular weight excluding hydrogens is 191 g/mol. The third-order valence-electron chi connectivity index (χ3n) is 1.03. The van der Waals surface area contributed by atoms with Crippen molar-refractivity contribution in [2.45, 2.75) is 33.6 Å². The third kappa shape index (κ3) is 8.60. The number of hydrogen-bond acceptors (Lipinski definition) is 4. The molecule has 0 aromatic carbocycles. The Kier molecular flexibility index (Phi) is 10.6. The minimum atomic E-state index is -1.30. The zero-order chi connectivity index (χ0) is 9.94. The average molecular weight is 210 g/mol. The van der Waals surface area contributed by atoms with Crippen molar-refractivity contribution in [2.24, 2.45) is 0 Å². The van der Waals surface area contributed by atoms with Crippen molar-refractivity contribution < 1.29 is 18.6 Å². The normalized spacial score (nSPS) is 11.1. The highest BCUT2D eigenvalue weighted by molar-refractivity contribution is 7.41. The predicted molar refractivity (Wildman–Crippen MR) is 52.1 cm³/mol. The molecule has 0 fully saturated rings. The van der Waals surface area contributed by atoms with Crippen molar-refractivity contribution in [3.8, 4) is 0 Å². The molecule has 0 atom stereocenters. The van der Waals surface area contributed by atoms with Gasteiger partial charge in [-0.25, -0.2) is 4.89 Å². The molecule has 0 saturated carbocycles. The summed E-state index contributed by atoms with van der Waals surface area (Å²) in [5.74, 6) is 0. The lowest BCUT2D eigenvalue weighted by molar-refractivity contribution is -0.213. The van der Waals surface area contributed by atoms with E-state index in [9.17, 15) is 0 Å². The lowest BCUT2D eigenvalue weighted by Gasteiger charge is -2.13. The minimum Gasteiger partial charge on any atom is -0.311 e. The van der Waals surface area contributed by atoms with Crippen molar-refractivity contribution >= 4 is 8.60 Å². The van der Waals surface area contributed by atoms with Gasteiger partial charge in [-0.05, 0) is 19.8 Å². The van der Waals surface area contributed by atoms with Crippen LogP contribution < -0.4 is 0 Å². The molecular formula is C8H19O4P. The maximum Gasteiger partial charge on any atom is 0.362 e. The summed E-state index contributed by atoms with van der Waals surface area (Å²) in [6.07, 6.45) is 1.90. The Labute approximate surface area is 81.4 Å². The van der Waals surface area contributed by atoms with E-state index in [-0.39, 0.29) is 0 Å². The van der Waals surface area contributed by atoms with E-state index >= 15 is 0 Å². The van der Waals surface area contributed by atoms with Crippen LogP contribution in [0.4, 0.5) is 0 Å². The van der Waals surface area contributed by atoms with E-state index in [0.717, 1.165) is 12.8 Å². The summed E-state index contributed by atoms with van der Waals surface area (Å²) >= 11 is 0. The lowest BCUT2D eigenvalue weighted by Crippen LogP contribution is -1.98. The van der Waals surface area contributed by atoms with Gasteiger partial charge in [-0.15, -0.1) is 0 Å². The Bertz CT molecular complexity index is 83.1. The largest absolute Gasteiger partial charge is 0.362 e. The van der Waals surface area contributed by atoms with Gasteiger partial charge in [0.05, 0.1) is 19.8 Å². The zero-order valence-electron chi connectivity index (χ0n) is 8.62. The SMILES string of the molecule is CCCOP(OCCC)OOCC. The van der Waals surface area contributed by atoms with Crippen LogP contribution >= 0.6 is 8.60 Å². The van der Waals surface area contributed by atoms with Crippen LogP contribution in [0.15, 0.2) is 0 Å². The van der Waals surface area contributed by atoms with Gasteiger partial charge in [0.15, 0.2) is 0 Å². The highest BCUT2D eigenvalue weighted by Crippen LogP contribution is 2.39. The van der Waals surface area contributed by atoms with Gasteiger partial charge in [0.25, 0.3) is 0 Å². The van der Waals surface area contributed by atoms with E-state index in [0.29, 0.717) is 19.8 Å². The van der Waals surface area contributed by atoms with Crippen LogP contribution in [-0.2, 0) is 18.6 Å². The van der Waals surface area contributed by atoms with Crippen molar-refractivity contribution in [3.05, 3.63) is 0 Å². The molecule has 13 heavy (non-hydrogen) atoms. The Morgan fingerprint density at radius 2 is 1.46 bits per heavy atom. The molecule has 5 heteroatoms. The molecule has 0 spiro atoms. The van der Waals surface area contributed by atoms with Gasteiger partial charge in [0, 0.05) is 0 Å². The summed E-state index contributed by atoms with van der Waals surface area (Å²) in [5, 5.41) is 0.